The summed E-state index contributed by atoms with van der Waals surface area (Å²) < 4.78 is 5.10. The Labute approximate surface area is 67.3 Å². The third-order valence-electron chi connectivity index (χ3n) is 1.60. The SMILES string of the molecule is C=[C]c1ccc(OC)c(C)c1. The first kappa shape index (κ1) is 7.86. The Bertz CT molecular complexity index is 264. The minimum atomic E-state index is 0.906. The van der Waals surface area contributed by atoms with E-state index in [2.05, 4.69) is 12.7 Å². The molecule has 0 aromatic heterocycles. The maximum Gasteiger partial charge on any atom is 0.121 e. The molecular formula is C10H11O. The molecule has 0 aliphatic heterocycles. The molecule has 0 heterocycles. The van der Waals surface area contributed by atoms with Crippen molar-refractivity contribution in [3.63, 3.8) is 0 Å². The molecule has 0 aliphatic carbocycles. The van der Waals surface area contributed by atoms with E-state index in [4.69, 9.17) is 4.74 Å². The van der Waals surface area contributed by atoms with Crippen molar-refractivity contribution in [1.29, 1.82) is 0 Å². The van der Waals surface area contributed by atoms with Gasteiger partial charge in [-0.3, -0.25) is 0 Å². The molecule has 0 unspecified atom stereocenters. The summed E-state index contributed by atoms with van der Waals surface area (Å²) in [6.45, 7) is 5.56. The molecule has 0 fully saturated rings. The van der Waals surface area contributed by atoms with Crippen LogP contribution in [0.2, 0.25) is 0 Å². The van der Waals surface area contributed by atoms with Crippen molar-refractivity contribution in [3.8, 4) is 5.75 Å². The highest BCUT2D eigenvalue weighted by atomic mass is 16.5. The molecule has 0 N–H and O–H groups in total. The van der Waals surface area contributed by atoms with Crippen LogP contribution in [0, 0.1) is 13.0 Å². The Hall–Kier alpha value is -1.24. The maximum atomic E-state index is 5.10. The van der Waals surface area contributed by atoms with E-state index in [1.165, 1.54) is 0 Å². The first-order chi connectivity index (χ1) is 5.27. The lowest BCUT2D eigenvalue weighted by Gasteiger charge is -2.03. The van der Waals surface area contributed by atoms with Crippen LogP contribution < -0.4 is 4.74 Å². The fourth-order valence-electron chi connectivity index (χ4n) is 0.988. The topological polar surface area (TPSA) is 9.23 Å². The molecule has 1 heteroatoms. The van der Waals surface area contributed by atoms with Crippen molar-refractivity contribution in [2.24, 2.45) is 0 Å². The number of benzene rings is 1. The van der Waals surface area contributed by atoms with Crippen molar-refractivity contribution >= 4 is 0 Å². The average Bonchev–Trinajstić information content (AvgIpc) is 2.04. The predicted molar refractivity (Wildman–Crippen MR) is 45.7 cm³/mol. The quantitative estimate of drug-likeness (QED) is 0.624. The number of ether oxygens (including phenoxy) is 1. The van der Waals surface area contributed by atoms with Crippen LogP contribution in [0.3, 0.4) is 0 Å². The summed E-state index contributed by atoms with van der Waals surface area (Å²) >= 11 is 0. The van der Waals surface area contributed by atoms with Crippen molar-refractivity contribution < 1.29 is 4.74 Å². The summed E-state index contributed by atoms with van der Waals surface area (Å²) in [7, 11) is 1.67. The second-order valence-electron chi connectivity index (χ2n) is 2.36. The van der Waals surface area contributed by atoms with Gasteiger partial charge in [0.05, 0.1) is 7.11 Å². The Morgan fingerprint density at radius 1 is 1.45 bits per heavy atom. The molecule has 0 aliphatic rings. The molecule has 1 nitrogen and oxygen atoms in total. The molecule has 57 valence electrons. The van der Waals surface area contributed by atoms with E-state index in [1.54, 1.807) is 7.11 Å². The molecule has 1 aromatic carbocycles. The molecule has 1 radical (unpaired) electrons. The fraction of sp³-hybridized carbons (Fsp3) is 0.200. The number of rotatable bonds is 2. The van der Waals surface area contributed by atoms with E-state index in [0.717, 1.165) is 16.9 Å². The highest BCUT2D eigenvalue weighted by molar-refractivity contribution is 5.37. The zero-order chi connectivity index (χ0) is 8.27. The van der Waals surface area contributed by atoms with Crippen LogP contribution in [0.4, 0.5) is 0 Å². The van der Waals surface area contributed by atoms with Gasteiger partial charge in [-0.2, -0.15) is 0 Å². The fourth-order valence-corrected chi connectivity index (χ4v) is 0.988. The highest BCUT2D eigenvalue weighted by Crippen LogP contribution is 2.17. The number of hydrogen-bond acceptors (Lipinski definition) is 1. The average molecular weight is 147 g/mol. The van der Waals surface area contributed by atoms with Crippen molar-refractivity contribution in [3.05, 3.63) is 42.0 Å². The van der Waals surface area contributed by atoms with E-state index in [9.17, 15) is 0 Å². The van der Waals surface area contributed by atoms with E-state index < -0.39 is 0 Å². The normalized spacial score (nSPS) is 9.27. The Morgan fingerprint density at radius 2 is 2.18 bits per heavy atom. The van der Waals surface area contributed by atoms with Gasteiger partial charge in [0.2, 0.25) is 0 Å². The molecule has 1 rings (SSSR count). The monoisotopic (exact) mass is 147 g/mol. The second kappa shape index (κ2) is 3.24. The molecule has 0 amide bonds. The lowest BCUT2D eigenvalue weighted by Crippen LogP contribution is -1.86. The molecule has 0 saturated heterocycles. The van der Waals surface area contributed by atoms with Crippen LogP contribution in [0.15, 0.2) is 24.8 Å². The van der Waals surface area contributed by atoms with Gasteiger partial charge in [-0.25, -0.2) is 0 Å². The summed E-state index contributed by atoms with van der Waals surface area (Å²) in [4.78, 5) is 0. The Kier molecular flexibility index (Phi) is 2.32. The number of methoxy groups -OCH3 is 1. The van der Waals surface area contributed by atoms with Gasteiger partial charge in [-0.05, 0) is 36.3 Å². The van der Waals surface area contributed by atoms with Crippen LogP contribution in [0.5, 0.6) is 5.75 Å². The van der Waals surface area contributed by atoms with Crippen LogP contribution in [-0.2, 0) is 0 Å². The van der Waals surface area contributed by atoms with Gasteiger partial charge in [-0.15, -0.1) is 0 Å². The van der Waals surface area contributed by atoms with E-state index in [0.29, 0.717) is 0 Å². The lowest BCUT2D eigenvalue weighted by molar-refractivity contribution is 0.411. The van der Waals surface area contributed by atoms with Gasteiger partial charge >= 0.3 is 0 Å². The first-order valence-corrected chi connectivity index (χ1v) is 3.45. The number of aryl methyl sites for hydroxylation is 1. The smallest absolute Gasteiger partial charge is 0.121 e. The van der Waals surface area contributed by atoms with Crippen LogP contribution in [0.25, 0.3) is 0 Å². The summed E-state index contributed by atoms with van der Waals surface area (Å²) in [6, 6.07) is 5.84. The van der Waals surface area contributed by atoms with Gasteiger partial charge in [0.15, 0.2) is 0 Å². The lowest BCUT2D eigenvalue weighted by atomic mass is 10.1. The zero-order valence-corrected chi connectivity index (χ0v) is 6.85. The third-order valence-corrected chi connectivity index (χ3v) is 1.60. The second-order valence-corrected chi connectivity index (χ2v) is 2.36. The van der Waals surface area contributed by atoms with Crippen molar-refractivity contribution in [1.82, 2.24) is 0 Å². The van der Waals surface area contributed by atoms with E-state index in [-0.39, 0.29) is 0 Å². The zero-order valence-electron chi connectivity index (χ0n) is 6.85. The largest absolute Gasteiger partial charge is 0.496 e. The Morgan fingerprint density at radius 3 is 2.64 bits per heavy atom. The molecule has 0 spiro atoms. The van der Waals surface area contributed by atoms with Gasteiger partial charge in [-0.1, -0.05) is 12.6 Å². The highest BCUT2D eigenvalue weighted by Gasteiger charge is 1.96. The van der Waals surface area contributed by atoms with Crippen LogP contribution in [0.1, 0.15) is 11.1 Å². The predicted octanol–water partition coefficient (Wildman–Crippen LogP) is 2.34. The van der Waals surface area contributed by atoms with Gasteiger partial charge in [0.1, 0.15) is 5.75 Å². The van der Waals surface area contributed by atoms with Crippen LogP contribution in [-0.4, -0.2) is 7.11 Å². The van der Waals surface area contributed by atoms with Crippen molar-refractivity contribution in [2.45, 2.75) is 6.92 Å². The van der Waals surface area contributed by atoms with Gasteiger partial charge < -0.3 is 4.74 Å². The van der Waals surface area contributed by atoms with E-state index in [1.807, 2.05) is 25.1 Å². The summed E-state index contributed by atoms with van der Waals surface area (Å²) in [5, 5.41) is 0. The minimum absolute atomic E-state index is 0.906. The molecule has 11 heavy (non-hydrogen) atoms. The molecule has 0 atom stereocenters. The summed E-state index contributed by atoms with van der Waals surface area (Å²) in [6.07, 6.45) is 2.81. The van der Waals surface area contributed by atoms with Gasteiger partial charge in [0.25, 0.3) is 0 Å². The van der Waals surface area contributed by atoms with Gasteiger partial charge in [0, 0.05) is 0 Å². The minimum Gasteiger partial charge on any atom is -0.496 e. The van der Waals surface area contributed by atoms with E-state index >= 15 is 0 Å². The molecular weight excluding hydrogens is 136 g/mol. The third kappa shape index (κ3) is 1.61. The standard InChI is InChI=1S/C10H11O/c1-4-9-5-6-10(11-3)8(2)7-9/h5-7H,1H2,2-3H3. The molecule has 0 saturated carbocycles. The first-order valence-electron chi connectivity index (χ1n) is 3.45. The van der Waals surface area contributed by atoms with Crippen LogP contribution >= 0.6 is 0 Å². The summed E-state index contributed by atoms with van der Waals surface area (Å²) in [5.74, 6) is 0.906. The van der Waals surface area contributed by atoms with Crippen molar-refractivity contribution in [2.75, 3.05) is 7.11 Å². The Balaban J connectivity index is 3.09. The molecule has 0 bridgehead atoms. The summed E-state index contributed by atoms with van der Waals surface area (Å²) in [5.41, 5.74) is 2.12. The maximum absolute atomic E-state index is 5.10. The molecule has 1 aromatic rings. The number of hydrogen-bond donors (Lipinski definition) is 0.